The maximum atomic E-state index is 11.7. The van der Waals surface area contributed by atoms with Crippen molar-refractivity contribution in [1.29, 1.82) is 0 Å². The summed E-state index contributed by atoms with van der Waals surface area (Å²) in [4.78, 5) is 13.2. The number of benzene rings is 1. The summed E-state index contributed by atoms with van der Waals surface area (Å²) in [7, 11) is 1.66. The molecule has 1 amide bonds. The minimum absolute atomic E-state index is 0. The van der Waals surface area contributed by atoms with Crippen LogP contribution in [0.1, 0.15) is 0 Å². The predicted molar refractivity (Wildman–Crippen MR) is 65.6 cm³/mol. The van der Waals surface area contributed by atoms with Crippen molar-refractivity contribution < 1.29 is 9.53 Å². The number of hydrogen-bond acceptors (Lipinski definition) is 3. The van der Waals surface area contributed by atoms with Gasteiger partial charge in [0.05, 0.1) is 10.7 Å². The van der Waals surface area contributed by atoms with Gasteiger partial charge >= 0.3 is 0 Å². The molecule has 0 bridgehead atoms. The molecule has 1 aliphatic rings. The Kier molecular flexibility index (Phi) is 4.02. The molecule has 1 aliphatic heterocycles. The largest absolute Gasteiger partial charge is 0.488 e. The highest BCUT2D eigenvalue weighted by molar-refractivity contribution is 6.32. The third-order valence-electron chi connectivity index (χ3n) is 2.36. The molecule has 2 rings (SSSR count). The Morgan fingerprint density at radius 3 is 2.94 bits per heavy atom. The number of para-hydroxylation sites is 1. The smallest absolute Gasteiger partial charge is 0.247 e. The summed E-state index contributed by atoms with van der Waals surface area (Å²) in [6, 6.07) is 4.62. The molecule has 0 saturated heterocycles. The van der Waals surface area contributed by atoms with Crippen molar-refractivity contribution in [2.24, 2.45) is 5.73 Å². The fourth-order valence-electron chi connectivity index (χ4n) is 1.52. The summed E-state index contributed by atoms with van der Waals surface area (Å²) < 4.78 is 5.41. The van der Waals surface area contributed by atoms with E-state index in [4.69, 9.17) is 22.1 Å². The van der Waals surface area contributed by atoms with Gasteiger partial charge in [0.1, 0.15) is 12.6 Å². The molecule has 0 saturated carbocycles. The van der Waals surface area contributed by atoms with E-state index in [2.05, 4.69) is 0 Å². The summed E-state index contributed by atoms with van der Waals surface area (Å²) in [5.41, 5.74) is 6.29. The monoisotopic (exact) mass is 262 g/mol. The third-order valence-corrected chi connectivity index (χ3v) is 2.66. The number of amides is 1. The average molecular weight is 263 g/mol. The van der Waals surface area contributed by atoms with Crippen molar-refractivity contribution in [3.05, 3.63) is 23.2 Å². The number of nitrogens with zero attached hydrogens (tertiary/aromatic N) is 1. The molecule has 0 aliphatic carbocycles. The fraction of sp³-hybridized carbons (Fsp3) is 0.300. The molecule has 0 unspecified atom stereocenters. The summed E-state index contributed by atoms with van der Waals surface area (Å²) in [6.07, 6.45) is 0. The first-order valence-corrected chi connectivity index (χ1v) is 4.93. The topological polar surface area (TPSA) is 55.6 Å². The van der Waals surface area contributed by atoms with E-state index in [1.54, 1.807) is 25.2 Å². The normalized spacial score (nSPS) is 19.3. The molecule has 2 N–H and O–H groups in total. The highest BCUT2D eigenvalue weighted by atomic mass is 35.5. The Morgan fingerprint density at radius 2 is 2.25 bits per heavy atom. The molecule has 1 aromatic rings. The maximum absolute atomic E-state index is 11.7. The van der Waals surface area contributed by atoms with Gasteiger partial charge in [-0.2, -0.15) is 0 Å². The van der Waals surface area contributed by atoms with Gasteiger partial charge in [-0.25, -0.2) is 0 Å². The Hall–Kier alpha value is -0.970. The molecule has 6 heteroatoms. The van der Waals surface area contributed by atoms with Crippen LogP contribution in [0, 0.1) is 0 Å². The molecule has 16 heavy (non-hydrogen) atoms. The number of likely N-dealkylation sites (N-methyl/N-ethyl adjacent to an activating group) is 1. The molecular weight excluding hydrogens is 251 g/mol. The highest BCUT2D eigenvalue weighted by Gasteiger charge is 2.27. The van der Waals surface area contributed by atoms with Crippen LogP contribution in [0.25, 0.3) is 0 Å². The summed E-state index contributed by atoms with van der Waals surface area (Å²) in [5, 5.41) is 0.487. The Morgan fingerprint density at radius 1 is 1.56 bits per heavy atom. The van der Waals surface area contributed by atoms with E-state index in [0.717, 1.165) is 0 Å². The maximum Gasteiger partial charge on any atom is 0.247 e. The quantitative estimate of drug-likeness (QED) is 0.770. The van der Waals surface area contributed by atoms with E-state index in [9.17, 15) is 4.79 Å². The van der Waals surface area contributed by atoms with Crippen LogP contribution < -0.4 is 15.4 Å². The lowest BCUT2D eigenvalue weighted by molar-refractivity contribution is -0.119. The predicted octanol–water partition coefficient (Wildman–Crippen LogP) is 1.44. The SMILES string of the molecule is CN1C(=O)[C@@H](N)COc2c(Cl)cccc21.Cl. The van der Waals surface area contributed by atoms with Gasteiger partial charge in [-0.05, 0) is 12.1 Å². The van der Waals surface area contributed by atoms with Crippen molar-refractivity contribution in [2.75, 3.05) is 18.6 Å². The minimum Gasteiger partial charge on any atom is -0.488 e. The number of halogens is 2. The molecule has 0 spiro atoms. The van der Waals surface area contributed by atoms with Gasteiger partial charge in [0.25, 0.3) is 0 Å². The van der Waals surface area contributed by atoms with Crippen LogP contribution >= 0.6 is 24.0 Å². The zero-order valence-electron chi connectivity index (χ0n) is 8.64. The van der Waals surface area contributed by atoms with Crippen LogP contribution in [0.5, 0.6) is 5.75 Å². The van der Waals surface area contributed by atoms with Crippen molar-refractivity contribution in [3.8, 4) is 5.75 Å². The van der Waals surface area contributed by atoms with Crippen LogP contribution in [0.4, 0.5) is 5.69 Å². The van der Waals surface area contributed by atoms with Gasteiger partial charge in [0.2, 0.25) is 5.91 Å². The number of fused-ring (bicyclic) bond motifs is 1. The molecule has 0 radical (unpaired) electrons. The first kappa shape index (κ1) is 13.1. The van der Waals surface area contributed by atoms with Gasteiger partial charge in [-0.3, -0.25) is 4.79 Å². The van der Waals surface area contributed by atoms with Crippen molar-refractivity contribution in [3.63, 3.8) is 0 Å². The third kappa shape index (κ3) is 2.09. The van der Waals surface area contributed by atoms with E-state index in [0.29, 0.717) is 16.5 Å². The number of carbonyl (C=O) groups excluding carboxylic acids is 1. The minimum atomic E-state index is -0.640. The molecule has 88 valence electrons. The number of rotatable bonds is 0. The van der Waals surface area contributed by atoms with Crippen LogP contribution in [-0.4, -0.2) is 25.6 Å². The van der Waals surface area contributed by atoms with Crippen LogP contribution in [0.3, 0.4) is 0 Å². The number of carbonyl (C=O) groups is 1. The molecule has 1 aromatic carbocycles. The lowest BCUT2D eigenvalue weighted by Crippen LogP contribution is -2.43. The molecule has 0 fully saturated rings. The molecule has 4 nitrogen and oxygen atoms in total. The van der Waals surface area contributed by atoms with E-state index < -0.39 is 6.04 Å². The Bertz CT molecular complexity index is 412. The lowest BCUT2D eigenvalue weighted by atomic mass is 10.2. The lowest BCUT2D eigenvalue weighted by Gasteiger charge is -2.17. The second kappa shape index (κ2) is 4.91. The first-order chi connectivity index (χ1) is 7.11. The Labute approximate surface area is 105 Å². The van der Waals surface area contributed by atoms with E-state index in [1.165, 1.54) is 4.90 Å². The second-order valence-electron chi connectivity index (χ2n) is 3.40. The van der Waals surface area contributed by atoms with Crippen molar-refractivity contribution in [1.82, 2.24) is 0 Å². The van der Waals surface area contributed by atoms with Crippen LogP contribution in [0.2, 0.25) is 5.02 Å². The van der Waals surface area contributed by atoms with E-state index >= 15 is 0 Å². The summed E-state index contributed by atoms with van der Waals surface area (Å²) in [6.45, 7) is 0.153. The Balaban J connectivity index is 0.00000128. The van der Waals surface area contributed by atoms with Gasteiger partial charge in [-0.15, -0.1) is 12.4 Å². The van der Waals surface area contributed by atoms with Crippen LogP contribution in [-0.2, 0) is 4.79 Å². The molecular formula is C10H12Cl2N2O2. The standard InChI is InChI=1S/C10H11ClN2O2.ClH/c1-13-8-4-2-3-6(11)9(8)15-5-7(12)10(13)14;/h2-4,7H,5,12H2,1H3;1H/t7-;/m0./s1. The average Bonchev–Trinajstić information content (AvgIpc) is 2.33. The zero-order valence-corrected chi connectivity index (χ0v) is 10.2. The molecule has 0 aromatic heterocycles. The summed E-state index contributed by atoms with van der Waals surface area (Å²) in [5.74, 6) is 0.346. The second-order valence-corrected chi connectivity index (χ2v) is 3.81. The fourth-order valence-corrected chi connectivity index (χ4v) is 1.74. The van der Waals surface area contributed by atoms with E-state index in [1.807, 2.05) is 0 Å². The summed E-state index contributed by atoms with van der Waals surface area (Å²) >= 11 is 5.97. The van der Waals surface area contributed by atoms with Crippen LogP contribution in [0.15, 0.2) is 18.2 Å². The molecule has 1 atom stereocenters. The number of anilines is 1. The number of nitrogens with two attached hydrogens (primary N) is 1. The van der Waals surface area contributed by atoms with Gasteiger partial charge in [-0.1, -0.05) is 17.7 Å². The van der Waals surface area contributed by atoms with Gasteiger partial charge in [0.15, 0.2) is 5.75 Å². The highest BCUT2D eigenvalue weighted by Crippen LogP contribution is 2.36. The number of hydrogen-bond donors (Lipinski definition) is 1. The van der Waals surface area contributed by atoms with Crippen molar-refractivity contribution in [2.45, 2.75) is 6.04 Å². The van der Waals surface area contributed by atoms with Gasteiger partial charge < -0.3 is 15.4 Å². The first-order valence-electron chi connectivity index (χ1n) is 4.55. The van der Waals surface area contributed by atoms with Gasteiger partial charge in [0, 0.05) is 7.05 Å². The van der Waals surface area contributed by atoms with E-state index in [-0.39, 0.29) is 24.9 Å². The van der Waals surface area contributed by atoms with Crippen molar-refractivity contribution >= 4 is 35.6 Å². The number of ether oxygens (including phenoxy) is 1. The molecule has 1 heterocycles. The zero-order chi connectivity index (χ0) is 11.0.